The number of carbonyl (C=O) groups excluding carboxylic acids is 1. The van der Waals surface area contributed by atoms with Crippen LogP contribution in [-0.4, -0.2) is 39.3 Å². The van der Waals surface area contributed by atoms with Crippen molar-refractivity contribution in [3.8, 4) is 0 Å². The van der Waals surface area contributed by atoms with Gasteiger partial charge in [0, 0.05) is 36.7 Å². The van der Waals surface area contributed by atoms with Gasteiger partial charge in [-0.25, -0.2) is 0 Å². The second-order valence-corrected chi connectivity index (χ2v) is 6.70. The summed E-state index contributed by atoms with van der Waals surface area (Å²) in [5.74, 6) is 1.27. The van der Waals surface area contributed by atoms with Crippen molar-refractivity contribution in [1.29, 1.82) is 0 Å². The third-order valence-electron chi connectivity index (χ3n) is 5.14. The molecule has 0 aromatic carbocycles. The molecule has 2 aromatic heterocycles. The maximum atomic E-state index is 12.9. The summed E-state index contributed by atoms with van der Waals surface area (Å²) in [6.45, 7) is 3.58. The van der Waals surface area contributed by atoms with E-state index in [1.165, 1.54) is 5.56 Å². The van der Waals surface area contributed by atoms with E-state index in [0.29, 0.717) is 11.6 Å². The molecule has 1 amide bonds. The minimum absolute atomic E-state index is 0.0266. The molecule has 122 valence electrons. The monoisotopic (exact) mass is 314 g/mol. The molecule has 1 aliphatic heterocycles. The van der Waals surface area contributed by atoms with Crippen LogP contribution in [0, 0.1) is 6.92 Å². The minimum Gasteiger partial charge on any atom is -0.360 e. The summed E-state index contributed by atoms with van der Waals surface area (Å²) in [6.07, 6.45) is 8.01. The first-order chi connectivity index (χ1) is 11.2. The Morgan fingerprint density at radius 2 is 2.22 bits per heavy atom. The van der Waals surface area contributed by atoms with Crippen LogP contribution in [0.1, 0.15) is 64.7 Å². The predicted molar refractivity (Wildman–Crippen MR) is 84.3 cm³/mol. The number of fused-ring (bicyclic) bond motifs is 1. The van der Waals surface area contributed by atoms with E-state index < -0.39 is 0 Å². The van der Waals surface area contributed by atoms with Gasteiger partial charge >= 0.3 is 0 Å². The molecule has 6 nitrogen and oxygen atoms in total. The lowest BCUT2D eigenvalue weighted by Crippen LogP contribution is -2.40. The molecule has 1 N–H and O–H groups in total. The molecule has 2 aliphatic rings. The lowest BCUT2D eigenvalue weighted by Gasteiger charge is -2.32. The molecular weight excluding hydrogens is 292 g/mol. The highest BCUT2D eigenvalue weighted by molar-refractivity contribution is 5.94. The van der Waals surface area contributed by atoms with Crippen molar-refractivity contribution in [2.75, 3.05) is 13.1 Å². The van der Waals surface area contributed by atoms with Crippen LogP contribution in [0.15, 0.2) is 10.7 Å². The summed E-state index contributed by atoms with van der Waals surface area (Å²) in [6, 6.07) is 0. The molecule has 1 saturated heterocycles. The number of hydrogen-bond donors (Lipinski definition) is 1. The molecule has 4 rings (SSSR count). The normalized spacial score (nSPS) is 21.3. The standard InChI is InChI=1S/C17H22N4O2/c1-11-9-18-19-15(11)12-5-4-8-21(10-12)17(22)16-13-6-2-3-7-14(13)23-20-16/h9,12H,2-8,10H2,1H3,(H,18,19). The zero-order valence-electron chi connectivity index (χ0n) is 13.5. The molecular formula is C17H22N4O2. The van der Waals surface area contributed by atoms with Crippen LogP contribution < -0.4 is 0 Å². The second kappa shape index (κ2) is 5.83. The summed E-state index contributed by atoms with van der Waals surface area (Å²) < 4.78 is 5.40. The van der Waals surface area contributed by atoms with Gasteiger partial charge < -0.3 is 9.42 Å². The molecule has 2 aromatic rings. The van der Waals surface area contributed by atoms with E-state index in [-0.39, 0.29) is 5.91 Å². The van der Waals surface area contributed by atoms with Crippen LogP contribution in [0.3, 0.4) is 0 Å². The molecule has 0 saturated carbocycles. The fourth-order valence-corrected chi connectivity index (χ4v) is 3.87. The van der Waals surface area contributed by atoms with Crippen molar-refractivity contribution in [1.82, 2.24) is 20.3 Å². The van der Waals surface area contributed by atoms with Crippen molar-refractivity contribution in [2.45, 2.75) is 51.4 Å². The molecule has 6 heteroatoms. The number of nitrogens with zero attached hydrogens (tertiary/aromatic N) is 3. The summed E-state index contributed by atoms with van der Waals surface area (Å²) in [7, 11) is 0. The van der Waals surface area contributed by atoms with Crippen molar-refractivity contribution in [3.05, 3.63) is 34.5 Å². The van der Waals surface area contributed by atoms with E-state index in [9.17, 15) is 4.79 Å². The summed E-state index contributed by atoms with van der Waals surface area (Å²) in [5, 5.41) is 11.3. The van der Waals surface area contributed by atoms with Gasteiger partial charge in [0.25, 0.3) is 5.91 Å². The van der Waals surface area contributed by atoms with Gasteiger partial charge in [-0.3, -0.25) is 9.89 Å². The fraction of sp³-hybridized carbons (Fsp3) is 0.588. The zero-order chi connectivity index (χ0) is 15.8. The van der Waals surface area contributed by atoms with Gasteiger partial charge in [-0.15, -0.1) is 0 Å². The maximum absolute atomic E-state index is 12.9. The summed E-state index contributed by atoms with van der Waals surface area (Å²) in [5.41, 5.74) is 3.91. The number of rotatable bonds is 2. The van der Waals surface area contributed by atoms with Crippen molar-refractivity contribution >= 4 is 5.91 Å². The molecule has 1 aliphatic carbocycles. The molecule has 23 heavy (non-hydrogen) atoms. The number of carbonyl (C=O) groups is 1. The fourth-order valence-electron chi connectivity index (χ4n) is 3.87. The van der Waals surface area contributed by atoms with Gasteiger partial charge in [-0.2, -0.15) is 5.10 Å². The van der Waals surface area contributed by atoms with E-state index in [2.05, 4.69) is 22.3 Å². The first kappa shape index (κ1) is 14.5. The lowest BCUT2D eigenvalue weighted by atomic mass is 9.92. The Hall–Kier alpha value is -2.11. The highest BCUT2D eigenvalue weighted by Gasteiger charge is 2.31. The molecule has 0 spiro atoms. The average Bonchev–Trinajstić information content (AvgIpc) is 3.20. The van der Waals surface area contributed by atoms with Crippen LogP contribution in [0.5, 0.6) is 0 Å². The molecule has 1 fully saturated rings. The van der Waals surface area contributed by atoms with Gasteiger partial charge in [0.2, 0.25) is 0 Å². The SMILES string of the molecule is Cc1cn[nH]c1C1CCCN(C(=O)c2noc3c2CCCC3)C1. The topological polar surface area (TPSA) is 75.0 Å². The van der Waals surface area contributed by atoms with Crippen LogP contribution in [0.4, 0.5) is 0 Å². The minimum atomic E-state index is 0.0266. The highest BCUT2D eigenvalue weighted by Crippen LogP contribution is 2.30. The smallest absolute Gasteiger partial charge is 0.276 e. The first-order valence-corrected chi connectivity index (χ1v) is 8.50. The average molecular weight is 314 g/mol. The maximum Gasteiger partial charge on any atom is 0.276 e. The van der Waals surface area contributed by atoms with Gasteiger partial charge in [0.15, 0.2) is 5.69 Å². The van der Waals surface area contributed by atoms with Crippen molar-refractivity contribution in [2.24, 2.45) is 0 Å². The Kier molecular flexibility index (Phi) is 3.67. The number of likely N-dealkylation sites (tertiary alicyclic amines) is 1. The van der Waals surface area contributed by atoms with Crippen LogP contribution >= 0.6 is 0 Å². The van der Waals surface area contributed by atoms with Crippen LogP contribution in [-0.2, 0) is 12.8 Å². The number of aromatic nitrogens is 3. The van der Waals surface area contributed by atoms with E-state index in [1.54, 1.807) is 0 Å². The van der Waals surface area contributed by atoms with E-state index >= 15 is 0 Å². The van der Waals surface area contributed by atoms with E-state index in [0.717, 1.165) is 68.6 Å². The second-order valence-electron chi connectivity index (χ2n) is 6.70. The molecule has 0 bridgehead atoms. The number of nitrogens with one attached hydrogen (secondary N) is 1. The van der Waals surface area contributed by atoms with E-state index in [1.807, 2.05) is 11.1 Å². The molecule has 1 atom stereocenters. The number of amides is 1. The Morgan fingerprint density at radius 3 is 3.04 bits per heavy atom. The largest absolute Gasteiger partial charge is 0.360 e. The quantitative estimate of drug-likeness (QED) is 0.924. The number of aryl methyl sites for hydroxylation is 2. The third kappa shape index (κ3) is 2.56. The Balaban J connectivity index is 1.54. The highest BCUT2D eigenvalue weighted by atomic mass is 16.5. The Morgan fingerprint density at radius 1 is 1.35 bits per heavy atom. The number of piperidine rings is 1. The third-order valence-corrected chi connectivity index (χ3v) is 5.14. The van der Waals surface area contributed by atoms with Gasteiger partial charge in [-0.1, -0.05) is 5.16 Å². The number of H-pyrrole nitrogens is 1. The zero-order valence-corrected chi connectivity index (χ0v) is 13.5. The van der Waals surface area contributed by atoms with Crippen molar-refractivity contribution < 1.29 is 9.32 Å². The summed E-state index contributed by atoms with van der Waals surface area (Å²) >= 11 is 0. The molecule has 3 heterocycles. The number of aromatic amines is 1. The molecule has 0 radical (unpaired) electrons. The lowest BCUT2D eigenvalue weighted by molar-refractivity contribution is 0.0694. The molecule has 1 unspecified atom stereocenters. The predicted octanol–water partition coefficient (Wildman–Crippen LogP) is 2.60. The Labute approximate surface area is 135 Å². The van der Waals surface area contributed by atoms with Crippen LogP contribution in [0.2, 0.25) is 0 Å². The van der Waals surface area contributed by atoms with Gasteiger partial charge in [0.05, 0.1) is 6.20 Å². The number of hydrogen-bond acceptors (Lipinski definition) is 4. The van der Waals surface area contributed by atoms with Crippen LogP contribution in [0.25, 0.3) is 0 Å². The van der Waals surface area contributed by atoms with Gasteiger partial charge in [-0.05, 0) is 44.6 Å². The van der Waals surface area contributed by atoms with Crippen molar-refractivity contribution in [3.63, 3.8) is 0 Å². The summed E-state index contributed by atoms with van der Waals surface area (Å²) in [4.78, 5) is 14.8. The van der Waals surface area contributed by atoms with Gasteiger partial charge in [0.1, 0.15) is 5.76 Å². The first-order valence-electron chi connectivity index (χ1n) is 8.50. The Bertz CT molecular complexity index is 718. The van der Waals surface area contributed by atoms with E-state index in [4.69, 9.17) is 4.52 Å².